The van der Waals surface area contributed by atoms with Crippen LogP contribution in [0.25, 0.3) is 0 Å². The Labute approximate surface area is 171 Å². The SMILES string of the molecule is CCn1ncc(NC(=O)CCn2cc(C(=O)O)cn2)c1C(=O)Nc1cnn(C)c1C. The van der Waals surface area contributed by atoms with Gasteiger partial charge in [-0.05, 0) is 13.8 Å². The number of aromatic carboxylic acids is 1. The molecule has 0 spiro atoms. The molecule has 3 rings (SSSR count). The summed E-state index contributed by atoms with van der Waals surface area (Å²) in [6.07, 6.45) is 5.57. The van der Waals surface area contributed by atoms with Gasteiger partial charge in [0.05, 0.1) is 41.2 Å². The number of carbonyl (C=O) groups is 3. The molecule has 0 aliphatic carbocycles. The molecule has 158 valence electrons. The van der Waals surface area contributed by atoms with Crippen molar-refractivity contribution in [1.29, 1.82) is 0 Å². The number of aryl methyl sites for hydroxylation is 3. The number of carbonyl (C=O) groups excluding carboxylic acids is 2. The smallest absolute Gasteiger partial charge is 0.338 e. The highest BCUT2D eigenvalue weighted by atomic mass is 16.4. The number of amides is 2. The van der Waals surface area contributed by atoms with E-state index in [9.17, 15) is 14.4 Å². The molecule has 12 nitrogen and oxygen atoms in total. The molecule has 3 aromatic rings. The van der Waals surface area contributed by atoms with Crippen LogP contribution in [0.15, 0.2) is 24.8 Å². The van der Waals surface area contributed by atoms with Crippen molar-refractivity contribution in [1.82, 2.24) is 29.3 Å². The molecular weight excluding hydrogens is 392 g/mol. The van der Waals surface area contributed by atoms with E-state index >= 15 is 0 Å². The lowest BCUT2D eigenvalue weighted by Crippen LogP contribution is -2.21. The second-order valence-electron chi connectivity index (χ2n) is 6.54. The molecular formula is C18H22N8O4. The summed E-state index contributed by atoms with van der Waals surface area (Å²) in [5.41, 5.74) is 1.91. The maximum Gasteiger partial charge on any atom is 0.338 e. The first-order valence-electron chi connectivity index (χ1n) is 9.21. The molecule has 0 aliphatic rings. The van der Waals surface area contributed by atoms with E-state index in [0.29, 0.717) is 12.2 Å². The zero-order valence-corrected chi connectivity index (χ0v) is 16.8. The topological polar surface area (TPSA) is 149 Å². The third-order valence-electron chi connectivity index (χ3n) is 4.56. The maximum absolute atomic E-state index is 12.8. The Balaban J connectivity index is 1.69. The van der Waals surface area contributed by atoms with Gasteiger partial charge in [-0.3, -0.25) is 23.6 Å². The molecule has 30 heavy (non-hydrogen) atoms. The van der Waals surface area contributed by atoms with E-state index in [1.807, 2.05) is 13.8 Å². The summed E-state index contributed by atoms with van der Waals surface area (Å²) < 4.78 is 4.50. The normalized spacial score (nSPS) is 10.8. The summed E-state index contributed by atoms with van der Waals surface area (Å²) in [6, 6.07) is 0. The van der Waals surface area contributed by atoms with Crippen LogP contribution < -0.4 is 10.6 Å². The van der Waals surface area contributed by atoms with Gasteiger partial charge in [0.15, 0.2) is 0 Å². The summed E-state index contributed by atoms with van der Waals surface area (Å²) in [5.74, 6) is -1.86. The van der Waals surface area contributed by atoms with Crippen molar-refractivity contribution in [2.75, 3.05) is 10.6 Å². The Morgan fingerprint density at radius 1 is 1.07 bits per heavy atom. The summed E-state index contributed by atoms with van der Waals surface area (Å²) in [7, 11) is 1.77. The predicted molar refractivity (Wildman–Crippen MR) is 106 cm³/mol. The highest BCUT2D eigenvalue weighted by Gasteiger charge is 2.21. The molecule has 0 radical (unpaired) electrons. The second kappa shape index (κ2) is 8.59. The molecule has 0 bridgehead atoms. The summed E-state index contributed by atoms with van der Waals surface area (Å²) in [4.78, 5) is 36.1. The lowest BCUT2D eigenvalue weighted by atomic mass is 10.3. The third-order valence-corrected chi connectivity index (χ3v) is 4.56. The minimum Gasteiger partial charge on any atom is -0.478 e. The van der Waals surface area contributed by atoms with E-state index in [2.05, 4.69) is 25.9 Å². The van der Waals surface area contributed by atoms with Crippen molar-refractivity contribution in [2.45, 2.75) is 33.4 Å². The Morgan fingerprint density at radius 2 is 1.80 bits per heavy atom. The first-order valence-corrected chi connectivity index (χ1v) is 9.21. The Morgan fingerprint density at radius 3 is 2.40 bits per heavy atom. The minimum absolute atomic E-state index is 0.0425. The van der Waals surface area contributed by atoms with Crippen LogP contribution in [0.1, 0.15) is 39.9 Å². The first-order chi connectivity index (χ1) is 14.3. The standard InChI is InChI=1S/C18H22N8O4/c1-4-26-16(17(28)23-13-8-19-24(3)11(13)2)14(9-21-26)22-15(27)5-6-25-10-12(7-20-25)18(29)30/h7-10H,4-6H2,1-3H3,(H,22,27)(H,23,28)(H,29,30). The molecule has 0 aliphatic heterocycles. The van der Waals surface area contributed by atoms with E-state index in [-0.39, 0.29) is 35.8 Å². The van der Waals surface area contributed by atoms with Crippen LogP contribution in [-0.4, -0.2) is 52.2 Å². The summed E-state index contributed by atoms with van der Waals surface area (Å²) in [5, 5.41) is 26.6. The number of carboxylic acids is 1. The zero-order valence-electron chi connectivity index (χ0n) is 16.8. The fourth-order valence-corrected chi connectivity index (χ4v) is 2.78. The fraction of sp³-hybridized carbons (Fsp3) is 0.333. The van der Waals surface area contributed by atoms with E-state index in [1.54, 1.807) is 17.9 Å². The summed E-state index contributed by atoms with van der Waals surface area (Å²) >= 11 is 0. The van der Waals surface area contributed by atoms with Crippen LogP contribution in [0.5, 0.6) is 0 Å². The average Bonchev–Trinajstić information content (AvgIpc) is 3.42. The number of carboxylic acid groups (broad SMARTS) is 1. The van der Waals surface area contributed by atoms with E-state index in [4.69, 9.17) is 5.11 Å². The van der Waals surface area contributed by atoms with Crippen LogP contribution in [-0.2, 0) is 24.9 Å². The first kappa shape index (κ1) is 20.8. The number of nitrogens with zero attached hydrogens (tertiary/aromatic N) is 6. The Kier molecular flexibility index (Phi) is 5.95. The van der Waals surface area contributed by atoms with Crippen LogP contribution in [0.4, 0.5) is 11.4 Å². The average molecular weight is 414 g/mol. The monoisotopic (exact) mass is 414 g/mol. The molecule has 0 saturated heterocycles. The molecule has 0 saturated carbocycles. The van der Waals surface area contributed by atoms with Crippen LogP contribution in [0.2, 0.25) is 0 Å². The molecule has 0 fully saturated rings. The van der Waals surface area contributed by atoms with Gasteiger partial charge in [0.25, 0.3) is 5.91 Å². The van der Waals surface area contributed by atoms with E-state index < -0.39 is 11.9 Å². The number of rotatable bonds is 8. The Hall–Kier alpha value is -3.96. The number of hydrogen-bond acceptors (Lipinski definition) is 6. The molecule has 3 heterocycles. The van der Waals surface area contributed by atoms with Gasteiger partial charge in [-0.1, -0.05) is 0 Å². The molecule has 12 heteroatoms. The zero-order chi connectivity index (χ0) is 21.8. The van der Waals surface area contributed by atoms with E-state index in [1.165, 1.54) is 28.0 Å². The Bertz CT molecular complexity index is 1090. The molecule has 3 aromatic heterocycles. The lowest BCUT2D eigenvalue weighted by Gasteiger charge is -2.10. The molecule has 0 unspecified atom stereocenters. The maximum atomic E-state index is 12.8. The highest BCUT2D eigenvalue weighted by Crippen LogP contribution is 2.19. The molecule has 2 amide bonds. The minimum atomic E-state index is -1.09. The van der Waals surface area contributed by atoms with Crippen molar-refractivity contribution in [3.05, 3.63) is 41.7 Å². The lowest BCUT2D eigenvalue weighted by molar-refractivity contribution is -0.116. The number of nitrogens with one attached hydrogen (secondary N) is 2. The van der Waals surface area contributed by atoms with Gasteiger partial charge < -0.3 is 15.7 Å². The van der Waals surface area contributed by atoms with Crippen LogP contribution >= 0.6 is 0 Å². The number of hydrogen-bond donors (Lipinski definition) is 3. The van der Waals surface area contributed by atoms with Gasteiger partial charge in [-0.2, -0.15) is 15.3 Å². The van der Waals surface area contributed by atoms with E-state index in [0.717, 1.165) is 5.69 Å². The van der Waals surface area contributed by atoms with Crippen molar-refractivity contribution in [3.63, 3.8) is 0 Å². The molecule has 3 N–H and O–H groups in total. The van der Waals surface area contributed by atoms with Gasteiger partial charge in [-0.15, -0.1) is 0 Å². The molecule has 0 aromatic carbocycles. The van der Waals surface area contributed by atoms with Crippen molar-refractivity contribution in [2.24, 2.45) is 7.05 Å². The predicted octanol–water partition coefficient (Wildman–Crippen LogP) is 1.12. The van der Waals surface area contributed by atoms with Crippen molar-refractivity contribution >= 4 is 29.2 Å². The van der Waals surface area contributed by atoms with Crippen LogP contribution in [0.3, 0.4) is 0 Å². The number of anilines is 2. The summed E-state index contributed by atoms with van der Waals surface area (Å²) in [6.45, 7) is 4.29. The third kappa shape index (κ3) is 4.37. The van der Waals surface area contributed by atoms with Crippen LogP contribution in [0, 0.1) is 6.92 Å². The van der Waals surface area contributed by atoms with Gasteiger partial charge in [0, 0.05) is 32.8 Å². The quantitative estimate of drug-likeness (QED) is 0.500. The second-order valence-corrected chi connectivity index (χ2v) is 6.54. The van der Waals surface area contributed by atoms with Gasteiger partial charge >= 0.3 is 5.97 Å². The van der Waals surface area contributed by atoms with Gasteiger partial charge in [0.1, 0.15) is 5.69 Å². The largest absolute Gasteiger partial charge is 0.478 e. The fourth-order valence-electron chi connectivity index (χ4n) is 2.78. The number of aromatic nitrogens is 6. The van der Waals surface area contributed by atoms with Gasteiger partial charge in [0.2, 0.25) is 5.91 Å². The highest BCUT2D eigenvalue weighted by molar-refractivity contribution is 6.09. The van der Waals surface area contributed by atoms with Gasteiger partial charge in [-0.25, -0.2) is 4.79 Å². The van der Waals surface area contributed by atoms with Crippen molar-refractivity contribution < 1.29 is 19.5 Å². The van der Waals surface area contributed by atoms with Crippen molar-refractivity contribution in [3.8, 4) is 0 Å². The molecule has 0 atom stereocenters.